The SMILES string of the molecule is CCOC(=O)C1CCC(NC(=NC)NCCc2c[nH]c3c(CC)cccc23)CC1. The van der Waals surface area contributed by atoms with Gasteiger partial charge in [0.05, 0.1) is 12.5 Å². The van der Waals surface area contributed by atoms with Crippen LogP contribution in [0.1, 0.15) is 50.7 Å². The molecule has 158 valence electrons. The molecule has 0 bridgehead atoms. The van der Waals surface area contributed by atoms with Crippen LogP contribution in [0.5, 0.6) is 0 Å². The number of ether oxygens (including phenoxy) is 1. The van der Waals surface area contributed by atoms with Gasteiger partial charge in [0.25, 0.3) is 0 Å². The summed E-state index contributed by atoms with van der Waals surface area (Å²) in [6.45, 7) is 5.33. The van der Waals surface area contributed by atoms with E-state index in [-0.39, 0.29) is 11.9 Å². The third-order valence-electron chi connectivity index (χ3n) is 5.87. The van der Waals surface area contributed by atoms with Gasteiger partial charge in [-0.05, 0) is 56.6 Å². The van der Waals surface area contributed by atoms with E-state index in [1.54, 1.807) is 7.05 Å². The second-order valence-corrected chi connectivity index (χ2v) is 7.70. The Morgan fingerprint density at radius 2 is 2.00 bits per heavy atom. The molecule has 6 heteroatoms. The lowest BCUT2D eigenvalue weighted by Crippen LogP contribution is -2.45. The Hall–Kier alpha value is -2.50. The van der Waals surface area contributed by atoms with Crippen molar-refractivity contribution in [1.82, 2.24) is 15.6 Å². The second kappa shape index (κ2) is 10.3. The molecule has 1 aliphatic rings. The first-order valence-electron chi connectivity index (χ1n) is 10.9. The summed E-state index contributed by atoms with van der Waals surface area (Å²) in [6, 6.07) is 6.87. The highest BCUT2D eigenvalue weighted by Gasteiger charge is 2.27. The number of para-hydroxylation sites is 1. The second-order valence-electron chi connectivity index (χ2n) is 7.70. The summed E-state index contributed by atoms with van der Waals surface area (Å²) in [5.74, 6) is 0.843. The highest BCUT2D eigenvalue weighted by atomic mass is 16.5. The average molecular weight is 399 g/mol. The van der Waals surface area contributed by atoms with Crippen molar-refractivity contribution in [3.05, 3.63) is 35.5 Å². The Kier molecular flexibility index (Phi) is 7.55. The number of aryl methyl sites for hydroxylation is 1. The van der Waals surface area contributed by atoms with Crippen molar-refractivity contribution in [2.45, 2.75) is 58.4 Å². The van der Waals surface area contributed by atoms with E-state index in [0.717, 1.165) is 51.0 Å². The van der Waals surface area contributed by atoms with E-state index in [9.17, 15) is 4.79 Å². The average Bonchev–Trinajstić information content (AvgIpc) is 3.17. The van der Waals surface area contributed by atoms with Crippen LogP contribution in [0.3, 0.4) is 0 Å². The molecular formula is C23H34N4O2. The van der Waals surface area contributed by atoms with Gasteiger partial charge in [0, 0.05) is 36.7 Å². The van der Waals surface area contributed by atoms with Crippen LogP contribution in [0.4, 0.5) is 0 Å². The van der Waals surface area contributed by atoms with Crippen molar-refractivity contribution in [2.75, 3.05) is 20.2 Å². The third kappa shape index (κ3) is 5.31. The van der Waals surface area contributed by atoms with Gasteiger partial charge in [-0.1, -0.05) is 25.1 Å². The highest BCUT2D eigenvalue weighted by molar-refractivity contribution is 5.86. The molecule has 3 N–H and O–H groups in total. The lowest BCUT2D eigenvalue weighted by Gasteiger charge is -2.29. The molecule has 0 atom stereocenters. The molecule has 1 aromatic carbocycles. The van der Waals surface area contributed by atoms with Crippen LogP contribution in [-0.2, 0) is 22.4 Å². The lowest BCUT2D eigenvalue weighted by atomic mass is 9.86. The first-order valence-corrected chi connectivity index (χ1v) is 10.9. The molecule has 0 radical (unpaired) electrons. The maximum atomic E-state index is 11.9. The minimum atomic E-state index is -0.0431. The van der Waals surface area contributed by atoms with Crippen molar-refractivity contribution < 1.29 is 9.53 Å². The first-order chi connectivity index (χ1) is 14.2. The monoisotopic (exact) mass is 398 g/mol. The maximum absolute atomic E-state index is 11.9. The van der Waals surface area contributed by atoms with Gasteiger partial charge in [-0.25, -0.2) is 0 Å². The van der Waals surface area contributed by atoms with Crippen LogP contribution < -0.4 is 10.6 Å². The summed E-state index contributed by atoms with van der Waals surface area (Å²) in [6.07, 6.45) is 7.77. The van der Waals surface area contributed by atoms with E-state index in [2.05, 4.69) is 51.9 Å². The first kappa shape index (κ1) is 21.2. The van der Waals surface area contributed by atoms with Gasteiger partial charge in [-0.2, -0.15) is 0 Å². The van der Waals surface area contributed by atoms with Crippen LogP contribution in [0.2, 0.25) is 0 Å². The fourth-order valence-electron chi connectivity index (χ4n) is 4.21. The number of aromatic nitrogens is 1. The molecule has 0 saturated heterocycles. The number of H-pyrrole nitrogens is 1. The normalized spacial score (nSPS) is 19.9. The molecule has 0 aliphatic heterocycles. The van der Waals surface area contributed by atoms with Crippen LogP contribution in [0.25, 0.3) is 10.9 Å². The molecular weight excluding hydrogens is 364 g/mol. The van der Waals surface area contributed by atoms with E-state index >= 15 is 0 Å². The summed E-state index contributed by atoms with van der Waals surface area (Å²) >= 11 is 0. The van der Waals surface area contributed by atoms with Crippen molar-refractivity contribution in [3.63, 3.8) is 0 Å². The van der Waals surface area contributed by atoms with Crippen LogP contribution in [0.15, 0.2) is 29.4 Å². The number of fused-ring (bicyclic) bond motifs is 1. The molecule has 0 amide bonds. The summed E-state index contributed by atoms with van der Waals surface area (Å²) < 4.78 is 5.15. The number of hydrogen-bond donors (Lipinski definition) is 3. The van der Waals surface area contributed by atoms with Crippen LogP contribution in [-0.4, -0.2) is 43.2 Å². The molecule has 1 aromatic heterocycles. The lowest BCUT2D eigenvalue weighted by molar-refractivity contribution is -0.149. The molecule has 3 rings (SSSR count). The van der Waals surface area contributed by atoms with Crippen molar-refractivity contribution in [2.24, 2.45) is 10.9 Å². The van der Waals surface area contributed by atoms with Gasteiger partial charge >= 0.3 is 5.97 Å². The van der Waals surface area contributed by atoms with Gasteiger partial charge < -0.3 is 20.4 Å². The van der Waals surface area contributed by atoms with Crippen molar-refractivity contribution in [1.29, 1.82) is 0 Å². The number of aromatic amines is 1. The predicted octanol–water partition coefficient (Wildman–Crippen LogP) is 3.56. The maximum Gasteiger partial charge on any atom is 0.308 e. The summed E-state index contributed by atoms with van der Waals surface area (Å²) in [5, 5.41) is 8.26. The van der Waals surface area contributed by atoms with Crippen LogP contribution in [0, 0.1) is 5.92 Å². The number of aliphatic imine (C=N–C) groups is 1. The molecule has 0 spiro atoms. The zero-order valence-electron chi connectivity index (χ0n) is 17.9. The third-order valence-corrected chi connectivity index (χ3v) is 5.87. The number of guanidine groups is 1. The summed E-state index contributed by atoms with van der Waals surface area (Å²) in [7, 11) is 1.80. The fourth-order valence-corrected chi connectivity index (χ4v) is 4.21. The Labute approximate surface area is 173 Å². The quantitative estimate of drug-likeness (QED) is 0.379. The molecule has 29 heavy (non-hydrogen) atoms. The number of carbonyl (C=O) groups excluding carboxylic acids is 1. The standard InChI is InChI=1S/C23H34N4O2/c1-4-16-7-6-8-20-18(15-26-21(16)20)13-14-25-23(24-3)27-19-11-9-17(10-12-19)22(28)29-5-2/h6-8,15,17,19,26H,4-5,9-14H2,1-3H3,(H2,24,25,27). The van der Waals surface area contributed by atoms with Gasteiger partial charge in [-0.15, -0.1) is 0 Å². The number of carbonyl (C=O) groups is 1. The molecule has 1 saturated carbocycles. The minimum Gasteiger partial charge on any atom is -0.466 e. The highest BCUT2D eigenvalue weighted by Crippen LogP contribution is 2.25. The van der Waals surface area contributed by atoms with Gasteiger partial charge in [0.2, 0.25) is 0 Å². The molecule has 1 fully saturated rings. The summed E-state index contributed by atoms with van der Waals surface area (Å²) in [4.78, 5) is 19.7. The zero-order chi connectivity index (χ0) is 20.6. The van der Waals surface area contributed by atoms with E-state index in [0.29, 0.717) is 12.6 Å². The Bertz CT molecular complexity index is 835. The number of rotatable bonds is 7. The molecule has 1 heterocycles. The molecule has 1 aliphatic carbocycles. The Balaban J connectivity index is 1.46. The largest absolute Gasteiger partial charge is 0.466 e. The fraction of sp³-hybridized carbons (Fsp3) is 0.565. The van der Waals surface area contributed by atoms with E-state index < -0.39 is 0 Å². The van der Waals surface area contributed by atoms with Crippen LogP contribution >= 0.6 is 0 Å². The topological polar surface area (TPSA) is 78.5 Å². The van der Waals surface area contributed by atoms with Gasteiger partial charge in [0.1, 0.15) is 0 Å². The smallest absolute Gasteiger partial charge is 0.308 e. The number of esters is 1. The zero-order valence-corrected chi connectivity index (χ0v) is 17.9. The van der Waals surface area contributed by atoms with Gasteiger partial charge in [0.15, 0.2) is 5.96 Å². The van der Waals surface area contributed by atoms with E-state index in [4.69, 9.17) is 4.74 Å². The molecule has 2 aromatic rings. The Morgan fingerprint density at radius 1 is 1.21 bits per heavy atom. The Morgan fingerprint density at radius 3 is 2.69 bits per heavy atom. The molecule has 6 nitrogen and oxygen atoms in total. The number of benzene rings is 1. The number of nitrogens with zero attached hydrogens (tertiary/aromatic N) is 1. The molecule has 0 unspecified atom stereocenters. The number of hydrogen-bond acceptors (Lipinski definition) is 3. The van der Waals surface area contributed by atoms with E-state index in [1.165, 1.54) is 22.0 Å². The number of nitrogens with one attached hydrogen (secondary N) is 3. The van der Waals surface area contributed by atoms with Crippen molar-refractivity contribution >= 4 is 22.8 Å². The predicted molar refractivity (Wildman–Crippen MR) is 118 cm³/mol. The summed E-state index contributed by atoms with van der Waals surface area (Å²) in [5.41, 5.74) is 3.94. The minimum absolute atomic E-state index is 0.0431. The van der Waals surface area contributed by atoms with Crippen molar-refractivity contribution in [3.8, 4) is 0 Å². The van der Waals surface area contributed by atoms with Gasteiger partial charge in [-0.3, -0.25) is 9.79 Å². The van der Waals surface area contributed by atoms with E-state index in [1.807, 2.05) is 6.92 Å².